The van der Waals surface area contributed by atoms with E-state index in [0.29, 0.717) is 0 Å². The van der Waals surface area contributed by atoms with E-state index in [1.54, 1.807) is 0 Å². The van der Waals surface area contributed by atoms with Crippen molar-refractivity contribution in [3.05, 3.63) is 29.3 Å². The Morgan fingerprint density at radius 1 is 1.31 bits per heavy atom. The van der Waals surface area contributed by atoms with Crippen LogP contribution in [-0.2, 0) is 4.74 Å². The van der Waals surface area contributed by atoms with E-state index in [0.717, 1.165) is 11.3 Å². The molecule has 1 rings (SSSR count). The Morgan fingerprint density at radius 3 is 2.56 bits per heavy atom. The van der Waals surface area contributed by atoms with Crippen LogP contribution in [0.5, 0.6) is 0 Å². The number of hydrogen-bond acceptors (Lipinski definition) is 3. The maximum absolute atomic E-state index is 10.9. The lowest BCUT2D eigenvalue weighted by Gasteiger charge is -2.10. The van der Waals surface area contributed by atoms with Gasteiger partial charge in [-0.15, -0.1) is 0 Å². The molecule has 1 aromatic carbocycles. The number of amides is 1. The predicted octanol–water partition coefficient (Wildman–Crippen LogP) is 2.36. The van der Waals surface area contributed by atoms with Crippen LogP contribution >= 0.6 is 12.2 Å². The number of hydrogen-bond donors (Lipinski definition) is 2. The van der Waals surface area contributed by atoms with Crippen LogP contribution < -0.4 is 10.6 Å². The monoisotopic (exact) mass is 238 g/mol. The van der Waals surface area contributed by atoms with Gasteiger partial charge in [-0.1, -0.05) is 6.07 Å². The summed E-state index contributed by atoms with van der Waals surface area (Å²) in [5.41, 5.74) is 3.20. The molecule has 2 N–H and O–H groups in total. The molecule has 0 aromatic heterocycles. The first kappa shape index (κ1) is 12.4. The molecule has 1 aromatic rings. The molecule has 0 atom stereocenters. The SMILES string of the molecule is COC(=O)NC(=S)Nc1ccc(C)c(C)c1. The van der Waals surface area contributed by atoms with Crippen molar-refractivity contribution in [2.24, 2.45) is 0 Å². The quantitative estimate of drug-likeness (QED) is 0.737. The first-order valence-corrected chi connectivity index (χ1v) is 5.17. The van der Waals surface area contributed by atoms with Gasteiger partial charge < -0.3 is 10.1 Å². The number of nitrogens with one attached hydrogen (secondary N) is 2. The summed E-state index contributed by atoms with van der Waals surface area (Å²) in [5.74, 6) is 0. The van der Waals surface area contributed by atoms with Crippen molar-refractivity contribution in [1.82, 2.24) is 5.32 Å². The molecule has 0 saturated heterocycles. The van der Waals surface area contributed by atoms with Crippen molar-refractivity contribution in [2.75, 3.05) is 12.4 Å². The molecule has 4 nitrogen and oxygen atoms in total. The van der Waals surface area contributed by atoms with Crippen LogP contribution in [0.4, 0.5) is 10.5 Å². The van der Waals surface area contributed by atoms with E-state index in [1.165, 1.54) is 12.7 Å². The van der Waals surface area contributed by atoms with Crippen LogP contribution in [0.3, 0.4) is 0 Å². The summed E-state index contributed by atoms with van der Waals surface area (Å²) in [5, 5.41) is 5.48. The van der Waals surface area contributed by atoms with E-state index < -0.39 is 6.09 Å². The fourth-order valence-corrected chi connectivity index (χ4v) is 1.33. The Balaban J connectivity index is 2.63. The largest absolute Gasteiger partial charge is 0.453 e. The van der Waals surface area contributed by atoms with Crippen molar-refractivity contribution in [3.63, 3.8) is 0 Å². The maximum Gasteiger partial charge on any atom is 0.413 e. The van der Waals surface area contributed by atoms with E-state index in [-0.39, 0.29) is 5.11 Å². The van der Waals surface area contributed by atoms with Crippen LogP contribution in [0, 0.1) is 13.8 Å². The smallest absolute Gasteiger partial charge is 0.413 e. The second kappa shape index (κ2) is 5.46. The highest BCUT2D eigenvalue weighted by atomic mass is 32.1. The summed E-state index contributed by atoms with van der Waals surface area (Å²) in [7, 11) is 1.29. The van der Waals surface area contributed by atoms with E-state index in [2.05, 4.69) is 15.4 Å². The third kappa shape index (κ3) is 3.51. The van der Waals surface area contributed by atoms with Gasteiger partial charge in [0, 0.05) is 5.69 Å². The van der Waals surface area contributed by atoms with Gasteiger partial charge in [0.05, 0.1) is 7.11 Å². The van der Waals surface area contributed by atoms with E-state index >= 15 is 0 Å². The lowest BCUT2D eigenvalue weighted by atomic mass is 10.1. The number of benzene rings is 1. The molecule has 0 saturated carbocycles. The second-order valence-electron chi connectivity index (χ2n) is 3.37. The zero-order chi connectivity index (χ0) is 12.1. The highest BCUT2D eigenvalue weighted by Gasteiger charge is 2.03. The standard InChI is InChI=1S/C11H14N2O2S/c1-7-4-5-9(6-8(7)2)12-10(16)13-11(14)15-3/h4-6H,1-3H3,(H2,12,13,14,16). The van der Waals surface area contributed by atoms with Gasteiger partial charge in [-0.2, -0.15) is 0 Å². The second-order valence-corrected chi connectivity index (χ2v) is 3.78. The van der Waals surface area contributed by atoms with E-state index in [9.17, 15) is 4.79 Å². The summed E-state index contributed by atoms with van der Waals surface area (Å²) >= 11 is 4.93. The number of carbonyl (C=O) groups excluding carboxylic acids is 1. The van der Waals surface area contributed by atoms with E-state index in [4.69, 9.17) is 12.2 Å². The Hall–Kier alpha value is -1.62. The molecule has 0 aliphatic heterocycles. The van der Waals surface area contributed by atoms with Crippen molar-refractivity contribution in [3.8, 4) is 0 Å². The molecule has 0 radical (unpaired) electrons. The molecule has 86 valence electrons. The van der Waals surface area contributed by atoms with Gasteiger partial charge in [0.25, 0.3) is 0 Å². The van der Waals surface area contributed by atoms with Gasteiger partial charge in [0.15, 0.2) is 5.11 Å². The molecular weight excluding hydrogens is 224 g/mol. The van der Waals surface area contributed by atoms with Gasteiger partial charge in [-0.05, 0) is 49.3 Å². The predicted molar refractivity (Wildman–Crippen MR) is 67.7 cm³/mol. The Bertz CT molecular complexity index is 418. The third-order valence-corrected chi connectivity index (χ3v) is 2.37. The van der Waals surface area contributed by atoms with Crippen LogP contribution in [0.2, 0.25) is 0 Å². The number of methoxy groups -OCH3 is 1. The van der Waals surface area contributed by atoms with Crippen LogP contribution in [0.15, 0.2) is 18.2 Å². The van der Waals surface area contributed by atoms with Crippen molar-refractivity contribution < 1.29 is 9.53 Å². The van der Waals surface area contributed by atoms with Crippen LogP contribution in [0.25, 0.3) is 0 Å². The Labute approximate surface area is 100.0 Å². The molecule has 16 heavy (non-hydrogen) atoms. The minimum atomic E-state index is -0.582. The summed E-state index contributed by atoms with van der Waals surface area (Å²) in [6.45, 7) is 4.04. The molecule has 0 bridgehead atoms. The van der Waals surface area contributed by atoms with Gasteiger partial charge in [-0.25, -0.2) is 4.79 Å². The maximum atomic E-state index is 10.9. The number of rotatable bonds is 1. The summed E-state index contributed by atoms with van der Waals surface area (Å²) < 4.78 is 4.42. The number of carbonyl (C=O) groups is 1. The molecule has 5 heteroatoms. The molecule has 0 unspecified atom stereocenters. The van der Waals surface area contributed by atoms with Gasteiger partial charge in [-0.3, -0.25) is 5.32 Å². The van der Waals surface area contributed by atoms with Crippen molar-refractivity contribution >= 4 is 29.1 Å². The number of alkyl carbamates (subject to hydrolysis) is 1. The minimum absolute atomic E-state index is 0.218. The van der Waals surface area contributed by atoms with Crippen LogP contribution in [0.1, 0.15) is 11.1 Å². The summed E-state index contributed by atoms with van der Waals surface area (Å²) in [6.07, 6.45) is -0.582. The van der Waals surface area contributed by atoms with E-state index in [1.807, 2.05) is 32.0 Å². The molecule has 0 aliphatic carbocycles. The number of thiocarbonyl (C=S) groups is 1. The highest BCUT2D eigenvalue weighted by Crippen LogP contribution is 2.13. The zero-order valence-electron chi connectivity index (χ0n) is 9.46. The summed E-state index contributed by atoms with van der Waals surface area (Å²) in [6, 6.07) is 5.84. The lowest BCUT2D eigenvalue weighted by Crippen LogP contribution is -2.33. The Kier molecular flexibility index (Phi) is 4.25. The molecular formula is C11H14N2O2S. The molecule has 0 fully saturated rings. The zero-order valence-corrected chi connectivity index (χ0v) is 10.3. The first-order chi connectivity index (χ1) is 7.52. The minimum Gasteiger partial charge on any atom is -0.453 e. The molecule has 1 amide bonds. The number of ether oxygens (including phenoxy) is 1. The van der Waals surface area contributed by atoms with Crippen LogP contribution in [-0.4, -0.2) is 18.3 Å². The fraction of sp³-hybridized carbons (Fsp3) is 0.273. The fourth-order valence-electron chi connectivity index (χ4n) is 1.13. The topological polar surface area (TPSA) is 50.4 Å². The number of aryl methyl sites for hydroxylation is 2. The average molecular weight is 238 g/mol. The highest BCUT2D eigenvalue weighted by molar-refractivity contribution is 7.80. The first-order valence-electron chi connectivity index (χ1n) is 4.76. The average Bonchev–Trinajstić information content (AvgIpc) is 2.23. The van der Waals surface area contributed by atoms with Crippen molar-refractivity contribution in [1.29, 1.82) is 0 Å². The molecule has 0 heterocycles. The molecule has 0 aliphatic rings. The summed E-state index contributed by atoms with van der Waals surface area (Å²) in [4.78, 5) is 10.9. The van der Waals surface area contributed by atoms with Crippen molar-refractivity contribution in [2.45, 2.75) is 13.8 Å². The molecule has 0 spiro atoms. The Morgan fingerprint density at radius 2 is 2.00 bits per heavy atom. The third-order valence-electron chi connectivity index (χ3n) is 2.17. The lowest BCUT2D eigenvalue weighted by molar-refractivity contribution is 0.177. The van der Waals surface area contributed by atoms with Gasteiger partial charge in [0.1, 0.15) is 0 Å². The number of anilines is 1. The van der Waals surface area contributed by atoms with Gasteiger partial charge >= 0.3 is 6.09 Å². The normalized spacial score (nSPS) is 9.44. The van der Waals surface area contributed by atoms with Gasteiger partial charge in [0.2, 0.25) is 0 Å².